The summed E-state index contributed by atoms with van der Waals surface area (Å²) in [6.07, 6.45) is 4.73. The standard InChI is InChI=1S/C21H23ClN4O3/c22-16-6-4-14(5-7-16)13-26-18-9-15(10-23-20(18)24-12-19(26)27)21(28)25-11-17-3-1-2-8-29-17/h4-7,9-10,17H,1-3,8,11-13H2,(H,23,24)(H,25,28). The molecule has 3 heterocycles. The molecule has 2 aromatic rings. The number of fused-ring (bicyclic) bond motifs is 1. The topological polar surface area (TPSA) is 83.6 Å². The fourth-order valence-corrected chi connectivity index (χ4v) is 3.66. The average Bonchev–Trinajstić information content (AvgIpc) is 2.76. The maximum Gasteiger partial charge on any atom is 0.253 e. The number of benzene rings is 1. The highest BCUT2D eigenvalue weighted by molar-refractivity contribution is 6.30. The van der Waals surface area contributed by atoms with E-state index >= 15 is 0 Å². The molecule has 1 saturated heterocycles. The highest BCUT2D eigenvalue weighted by atomic mass is 35.5. The highest BCUT2D eigenvalue weighted by Crippen LogP contribution is 2.30. The number of hydrogen-bond acceptors (Lipinski definition) is 5. The van der Waals surface area contributed by atoms with Crippen LogP contribution in [0.15, 0.2) is 36.5 Å². The molecule has 0 saturated carbocycles. The predicted octanol–water partition coefficient (Wildman–Crippen LogP) is 2.99. The number of rotatable bonds is 5. The van der Waals surface area contributed by atoms with Crippen molar-refractivity contribution >= 4 is 34.9 Å². The first kappa shape index (κ1) is 19.7. The molecule has 1 aromatic carbocycles. The molecule has 0 spiro atoms. The summed E-state index contributed by atoms with van der Waals surface area (Å²) in [7, 11) is 0. The van der Waals surface area contributed by atoms with E-state index in [4.69, 9.17) is 16.3 Å². The monoisotopic (exact) mass is 414 g/mol. The predicted molar refractivity (Wildman–Crippen MR) is 111 cm³/mol. The third kappa shape index (κ3) is 4.68. The first-order valence-electron chi connectivity index (χ1n) is 9.78. The molecular formula is C21H23ClN4O3. The van der Waals surface area contributed by atoms with Crippen LogP contribution >= 0.6 is 11.6 Å². The van der Waals surface area contributed by atoms with Gasteiger partial charge in [0.25, 0.3) is 5.91 Å². The Labute approximate surface area is 174 Å². The van der Waals surface area contributed by atoms with Gasteiger partial charge in [-0.15, -0.1) is 0 Å². The first-order valence-corrected chi connectivity index (χ1v) is 10.2. The van der Waals surface area contributed by atoms with Crippen LogP contribution in [0.3, 0.4) is 0 Å². The van der Waals surface area contributed by atoms with Gasteiger partial charge in [-0.25, -0.2) is 4.98 Å². The zero-order valence-corrected chi connectivity index (χ0v) is 16.7. The van der Waals surface area contributed by atoms with E-state index in [0.29, 0.717) is 35.2 Å². The van der Waals surface area contributed by atoms with Crippen LogP contribution in [0.25, 0.3) is 0 Å². The number of halogens is 1. The smallest absolute Gasteiger partial charge is 0.253 e. The Kier molecular flexibility index (Phi) is 5.97. The van der Waals surface area contributed by atoms with Gasteiger partial charge in [0.15, 0.2) is 5.82 Å². The van der Waals surface area contributed by atoms with Crippen LogP contribution in [0.1, 0.15) is 35.2 Å². The molecule has 152 valence electrons. The molecule has 0 radical (unpaired) electrons. The van der Waals surface area contributed by atoms with Crippen LogP contribution in [0.5, 0.6) is 0 Å². The number of aromatic nitrogens is 1. The van der Waals surface area contributed by atoms with E-state index in [0.717, 1.165) is 31.4 Å². The maximum absolute atomic E-state index is 12.6. The summed E-state index contributed by atoms with van der Waals surface area (Å²) in [6, 6.07) is 9.05. The van der Waals surface area contributed by atoms with Crippen molar-refractivity contribution < 1.29 is 14.3 Å². The normalized spacial score (nSPS) is 18.7. The Morgan fingerprint density at radius 1 is 1.31 bits per heavy atom. The summed E-state index contributed by atoms with van der Waals surface area (Å²) in [5, 5.41) is 6.57. The Bertz CT molecular complexity index is 897. The largest absolute Gasteiger partial charge is 0.376 e. The lowest BCUT2D eigenvalue weighted by Crippen LogP contribution is -2.40. The minimum atomic E-state index is -0.223. The van der Waals surface area contributed by atoms with Crippen molar-refractivity contribution in [2.45, 2.75) is 31.9 Å². The molecule has 7 nitrogen and oxygen atoms in total. The molecule has 1 fully saturated rings. The molecule has 0 bridgehead atoms. The number of carbonyl (C=O) groups excluding carboxylic acids is 2. The Morgan fingerprint density at radius 2 is 2.14 bits per heavy atom. The van der Waals surface area contributed by atoms with Crippen molar-refractivity contribution in [1.29, 1.82) is 0 Å². The lowest BCUT2D eigenvalue weighted by molar-refractivity contribution is -0.117. The second-order valence-electron chi connectivity index (χ2n) is 7.25. The van der Waals surface area contributed by atoms with Crippen LogP contribution in [-0.2, 0) is 16.1 Å². The molecule has 0 aliphatic carbocycles. The summed E-state index contributed by atoms with van der Waals surface area (Å²) >= 11 is 5.95. The molecule has 1 atom stereocenters. The van der Waals surface area contributed by atoms with E-state index in [9.17, 15) is 9.59 Å². The Hall–Kier alpha value is -2.64. The van der Waals surface area contributed by atoms with Crippen molar-refractivity contribution in [1.82, 2.24) is 10.3 Å². The molecule has 2 amide bonds. The van der Waals surface area contributed by atoms with Crippen molar-refractivity contribution in [2.75, 3.05) is 29.9 Å². The van der Waals surface area contributed by atoms with E-state index in [1.54, 1.807) is 23.1 Å². The van der Waals surface area contributed by atoms with Gasteiger partial charge in [-0.1, -0.05) is 23.7 Å². The van der Waals surface area contributed by atoms with Crippen molar-refractivity contribution in [3.8, 4) is 0 Å². The van der Waals surface area contributed by atoms with Crippen LogP contribution < -0.4 is 15.5 Å². The SMILES string of the molecule is O=C(NCC1CCCCO1)c1cnc2c(c1)N(Cc1ccc(Cl)cc1)C(=O)CN2. The van der Waals surface area contributed by atoms with Gasteiger partial charge >= 0.3 is 0 Å². The van der Waals surface area contributed by atoms with Gasteiger partial charge in [0.1, 0.15) is 0 Å². The lowest BCUT2D eigenvalue weighted by Gasteiger charge is -2.30. The highest BCUT2D eigenvalue weighted by Gasteiger charge is 2.26. The Morgan fingerprint density at radius 3 is 2.90 bits per heavy atom. The van der Waals surface area contributed by atoms with Crippen LogP contribution in [0.4, 0.5) is 11.5 Å². The van der Waals surface area contributed by atoms with Crippen LogP contribution in [-0.4, -0.2) is 42.6 Å². The fourth-order valence-electron chi connectivity index (χ4n) is 3.53. The summed E-state index contributed by atoms with van der Waals surface area (Å²) in [4.78, 5) is 31.1. The van der Waals surface area contributed by atoms with E-state index < -0.39 is 0 Å². The van der Waals surface area contributed by atoms with E-state index in [2.05, 4.69) is 15.6 Å². The van der Waals surface area contributed by atoms with E-state index in [-0.39, 0.29) is 24.5 Å². The molecule has 1 unspecified atom stereocenters. The fraction of sp³-hybridized carbons (Fsp3) is 0.381. The van der Waals surface area contributed by atoms with E-state index in [1.807, 2.05) is 12.1 Å². The third-order valence-electron chi connectivity index (χ3n) is 5.15. The number of hydrogen-bond donors (Lipinski definition) is 2. The number of amides is 2. The molecule has 1 aromatic heterocycles. The number of nitrogens with zero attached hydrogens (tertiary/aromatic N) is 2. The summed E-state index contributed by atoms with van der Waals surface area (Å²) in [6.45, 7) is 1.77. The molecule has 8 heteroatoms. The van der Waals surface area contributed by atoms with Crippen LogP contribution in [0, 0.1) is 0 Å². The van der Waals surface area contributed by atoms with Gasteiger partial charge in [0.2, 0.25) is 5.91 Å². The summed E-state index contributed by atoms with van der Waals surface area (Å²) < 4.78 is 5.66. The molecule has 29 heavy (non-hydrogen) atoms. The van der Waals surface area contributed by atoms with Gasteiger partial charge in [-0.05, 0) is 43.0 Å². The van der Waals surface area contributed by atoms with Gasteiger partial charge < -0.3 is 20.3 Å². The molecule has 2 aliphatic heterocycles. The van der Waals surface area contributed by atoms with E-state index in [1.165, 1.54) is 6.20 Å². The minimum absolute atomic E-state index is 0.0583. The number of nitrogens with one attached hydrogen (secondary N) is 2. The zero-order valence-electron chi connectivity index (χ0n) is 16.0. The van der Waals surface area contributed by atoms with Gasteiger partial charge in [-0.3, -0.25) is 9.59 Å². The number of carbonyl (C=O) groups is 2. The lowest BCUT2D eigenvalue weighted by atomic mass is 10.1. The number of anilines is 2. The third-order valence-corrected chi connectivity index (χ3v) is 5.40. The molecule has 2 aliphatic rings. The average molecular weight is 415 g/mol. The Balaban J connectivity index is 1.50. The summed E-state index contributed by atoms with van der Waals surface area (Å²) in [5.74, 6) is 0.284. The number of pyridine rings is 1. The quantitative estimate of drug-likeness (QED) is 0.785. The molecule has 4 rings (SSSR count). The summed E-state index contributed by atoms with van der Waals surface area (Å²) in [5.41, 5.74) is 1.95. The zero-order chi connectivity index (χ0) is 20.2. The number of ether oxygens (including phenoxy) is 1. The second-order valence-corrected chi connectivity index (χ2v) is 7.69. The minimum Gasteiger partial charge on any atom is -0.376 e. The van der Waals surface area contributed by atoms with Crippen molar-refractivity contribution in [3.63, 3.8) is 0 Å². The van der Waals surface area contributed by atoms with Gasteiger partial charge in [0.05, 0.1) is 30.4 Å². The molecular weight excluding hydrogens is 392 g/mol. The first-order chi connectivity index (χ1) is 14.1. The van der Waals surface area contributed by atoms with Crippen LogP contribution in [0.2, 0.25) is 5.02 Å². The van der Waals surface area contributed by atoms with Crippen molar-refractivity contribution in [3.05, 3.63) is 52.7 Å². The maximum atomic E-state index is 12.6. The molecule has 2 N–H and O–H groups in total. The second kappa shape index (κ2) is 8.80. The van der Waals surface area contributed by atoms with Gasteiger partial charge in [0, 0.05) is 24.4 Å². The van der Waals surface area contributed by atoms with Crippen molar-refractivity contribution in [2.24, 2.45) is 0 Å². The van der Waals surface area contributed by atoms with Gasteiger partial charge in [-0.2, -0.15) is 0 Å².